The summed E-state index contributed by atoms with van der Waals surface area (Å²) in [4.78, 5) is 29.4. The predicted molar refractivity (Wildman–Crippen MR) is 112 cm³/mol. The van der Waals surface area contributed by atoms with Crippen LogP contribution in [0, 0.1) is 5.41 Å². The normalized spacial score (nSPS) is 27.0. The van der Waals surface area contributed by atoms with Crippen LogP contribution in [0.1, 0.15) is 43.7 Å². The monoisotopic (exact) mass is 419 g/mol. The van der Waals surface area contributed by atoms with E-state index in [1.54, 1.807) is 24.1 Å². The number of amides is 2. The van der Waals surface area contributed by atoms with Crippen molar-refractivity contribution in [1.82, 2.24) is 15.1 Å². The average molecular weight is 420 g/mol. The fourth-order valence-electron chi connectivity index (χ4n) is 4.52. The van der Waals surface area contributed by atoms with Crippen molar-refractivity contribution in [2.45, 2.75) is 44.2 Å². The Balaban J connectivity index is 1.40. The van der Waals surface area contributed by atoms with E-state index in [4.69, 9.17) is 16.3 Å². The van der Waals surface area contributed by atoms with Crippen molar-refractivity contribution in [3.63, 3.8) is 0 Å². The fourth-order valence-corrected chi connectivity index (χ4v) is 4.65. The maximum Gasteiger partial charge on any atom is 0.251 e. The van der Waals surface area contributed by atoms with Crippen LogP contribution < -0.4 is 5.32 Å². The van der Waals surface area contributed by atoms with Gasteiger partial charge >= 0.3 is 0 Å². The molecular formula is C22H30ClN3O3. The van der Waals surface area contributed by atoms with E-state index in [0.29, 0.717) is 11.6 Å². The van der Waals surface area contributed by atoms with Gasteiger partial charge in [0.25, 0.3) is 5.91 Å². The first-order valence-corrected chi connectivity index (χ1v) is 11.0. The molecule has 3 aliphatic rings. The van der Waals surface area contributed by atoms with Crippen molar-refractivity contribution in [2.24, 2.45) is 5.41 Å². The molecule has 1 saturated carbocycles. The topological polar surface area (TPSA) is 61.9 Å². The van der Waals surface area contributed by atoms with Gasteiger partial charge in [-0.05, 0) is 56.5 Å². The van der Waals surface area contributed by atoms with Gasteiger partial charge in [-0.15, -0.1) is 0 Å². The molecule has 158 valence electrons. The number of rotatable bonds is 6. The van der Waals surface area contributed by atoms with Crippen LogP contribution in [0.25, 0.3) is 0 Å². The number of halogens is 1. The van der Waals surface area contributed by atoms with Crippen molar-refractivity contribution in [1.29, 1.82) is 0 Å². The number of benzene rings is 1. The Labute approximate surface area is 177 Å². The minimum absolute atomic E-state index is 0.0718. The van der Waals surface area contributed by atoms with E-state index >= 15 is 0 Å². The summed E-state index contributed by atoms with van der Waals surface area (Å²) in [5.41, 5.74) is 1.05. The summed E-state index contributed by atoms with van der Waals surface area (Å²) in [6.45, 7) is 4.02. The van der Waals surface area contributed by atoms with Gasteiger partial charge in [-0.3, -0.25) is 9.59 Å². The van der Waals surface area contributed by atoms with Crippen molar-refractivity contribution < 1.29 is 14.3 Å². The zero-order valence-electron chi connectivity index (χ0n) is 17.0. The number of likely N-dealkylation sites (tertiary alicyclic amines) is 1. The lowest BCUT2D eigenvalue weighted by Crippen LogP contribution is -2.53. The van der Waals surface area contributed by atoms with E-state index in [2.05, 4.69) is 10.2 Å². The van der Waals surface area contributed by atoms with Gasteiger partial charge in [-0.1, -0.05) is 30.2 Å². The van der Waals surface area contributed by atoms with E-state index in [9.17, 15) is 9.59 Å². The molecule has 29 heavy (non-hydrogen) atoms. The number of carbonyl (C=O) groups is 2. The standard InChI is InChI=1S/C22H30ClN3O3/c1-25-18(27)13-29-20(19(25)16-5-7-17(23)8-6-16)21(28)24-14-22(9-10-22)15-26-11-3-2-4-12-26/h5-8,19-20H,2-4,9-15H2,1H3,(H,24,28). The third-order valence-electron chi connectivity index (χ3n) is 6.56. The number of morpholine rings is 1. The molecule has 1 aromatic rings. The van der Waals surface area contributed by atoms with E-state index < -0.39 is 12.1 Å². The third kappa shape index (κ3) is 4.76. The molecule has 6 nitrogen and oxygen atoms in total. The Morgan fingerprint density at radius 3 is 2.55 bits per heavy atom. The highest BCUT2D eigenvalue weighted by atomic mass is 35.5. The first-order chi connectivity index (χ1) is 14.0. The SMILES string of the molecule is CN1C(=O)COC(C(=O)NCC2(CN3CCCCC3)CC2)C1c1ccc(Cl)cc1. The third-order valence-corrected chi connectivity index (χ3v) is 6.81. The van der Waals surface area contributed by atoms with Gasteiger partial charge in [0.15, 0.2) is 6.10 Å². The molecule has 3 fully saturated rings. The molecular weight excluding hydrogens is 390 g/mol. The molecule has 2 amide bonds. The Morgan fingerprint density at radius 2 is 1.90 bits per heavy atom. The van der Waals surface area contributed by atoms with Gasteiger partial charge in [0.05, 0.1) is 6.04 Å². The van der Waals surface area contributed by atoms with E-state index in [1.807, 2.05) is 12.1 Å². The minimum atomic E-state index is -0.718. The highest BCUT2D eigenvalue weighted by molar-refractivity contribution is 6.30. The molecule has 2 heterocycles. The molecule has 2 aliphatic heterocycles. The van der Waals surface area contributed by atoms with Gasteiger partial charge in [0.1, 0.15) is 6.61 Å². The van der Waals surface area contributed by atoms with Crippen molar-refractivity contribution >= 4 is 23.4 Å². The second kappa shape index (κ2) is 8.62. The van der Waals surface area contributed by atoms with Crippen molar-refractivity contribution in [3.8, 4) is 0 Å². The van der Waals surface area contributed by atoms with Crippen LogP contribution in [-0.4, -0.2) is 67.6 Å². The quantitative estimate of drug-likeness (QED) is 0.769. The molecule has 0 spiro atoms. The largest absolute Gasteiger partial charge is 0.356 e. The second-order valence-electron chi connectivity index (χ2n) is 8.79. The number of hydrogen-bond donors (Lipinski definition) is 1. The number of carbonyl (C=O) groups excluding carboxylic acids is 2. The lowest BCUT2D eigenvalue weighted by molar-refractivity contribution is -0.162. The van der Waals surface area contributed by atoms with Crippen molar-refractivity contribution in [2.75, 3.05) is 39.8 Å². The van der Waals surface area contributed by atoms with Crippen LogP contribution in [0.5, 0.6) is 0 Å². The highest BCUT2D eigenvalue weighted by Crippen LogP contribution is 2.46. The summed E-state index contributed by atoms with van der Waals surface area (Å²) in [7, 11) is 1.73. The molecule has 0 aromatic heterocycles. The number of nitrogens with one attached hydrogen (secondary N) is 1. The summed E-state index contributed by atoms with van der Waals surface area (Å²) in [6, 6.07) is 6.80. The Morgan fingerprint density at radius 1 is 1.21 bits per heavy atom. The Hall–Kier alpha value is -1.63. The molecule has 2 unspecified atom stereocenters. The second-order valence-corrected chi connectivity index (χ2v) is 9.22. The molecule has 2 saturated heterocycles. The zero-order chi connectivity index (χ0) is 20.4. The number of ether oxygens (including phenoxy) is 1. The summed E-state index contributed by atoms with van der Waals surface area (Å²) in [5.74, 6) is -0.271. The molecule has 0 bridgehead atoms. The first-order valence-electron chi connectivity index (χ1n) is 10.6. The van der Waals surface area contributed by atoms with Crippen LogP contribution >= 0.6 is 11.6 Å². The highest BCUT2D eigenvalue weighted by Gasteiger charge is 2.46. The molecule has 2 atom stereocenters. The van der Waals surface area contributed by atoms with Gasteiger partial charge in [0.2, 0.25) is 5.91 Å². The Kier molecular flexibility index (Phi) is 6.13. The predicted octanol–water partition coefficient (Wildman–Crippen LogP) is 2.62. The lowest BCUT2D eigenvalue weighted by Gasteiger charge is -2.38. The number of hydrogen-bond acceptors (Lipinski definition) is 4. The van der Waals surface area contributed by atoms with E-state index in [0.717, 1.165) is 24.9 Å². The summed E-state index contributed by atoms with van der Waals surface area (Å²) in [5, 5.41) is 3.76. The number of likely N-dealkylation sites (N-methyl/N-ethyl adjacent to an activating group) is 1. The Bertz CT molecular complexity index is 744. The molecule has 0 radical (unpaired) electrons. The van der Waals surface area contributed by atoms with Crippen LogP contribution in [0.3, 0.4) is 0 Å². The molecule has 7 heteroatoms. The molecule has 4 rings (SSSR count). The van der Waals surface area contributed by atoms with Crippen LogP contribution in [-0.2, 0) is 14.3 Å². The van der Waals surface area contributed by atoms with Crippen molar-refractivity contribution in [3.05, 3.63) is 34.9 Å². The van der Waals surface area contributed by atoms with Crippen LogP contribution in [0.2, 0.25) is 5.02 Å². The summed E-state index contributed by atoms with van der Waals surface area (Å²) >= 11 is 6.01. The maximum atomic E-state index is 13.1. The van der Waals surface area contributed by atoms with Crippen LogP contribution in [0.15, 0.2) is 24.3 Å². The summed E-state index contributed by atoms with van der Waals surface area (Å²) < 4.78 is 5.71. The molecule has 1 N–H and O–H groups in total. The van der Waals surface area contributed by atoms with Gasteiger partial charge in [-0.25, -0.2) is 0 Å². The molecule has 1 aliphatic carbocycles. The van der Waals surface area contributed by atoms with Gasteiger partial charge < -0.3 is 19.9 Å². The fraction of sp³-hybridized carbons (Fsp3) is 0.636. The lowest BCUT2D eigenvalue weighted by atomic mass is 9.97. The molecule has 1 aromatic carbocycles. The summed E-state index contributed by atoms with van der Waals surface area (Å²) in [6.07, 6.45) is 5.49. The minimum Gasteiger partial charge on any atom is -0.356 e. The van der Waals surface area contributed by atoms with E-state index in [-0.39, 0.29) is 23.8 Å². The van der Waals surface area contributed by atoms with Crippen LogP contribution in [0.4, 0.5) is 0 Å². The zero-order valence-corrected chi connectivity index (χ0v) is 17.8. The van der Waals surface area contributed by atoms with Gasteiger partial charge in [-0.2, -0.15) is 0 Å². The number of piperidine rings is 1. The average Bonchev–Trinajstić information content (AvgIpc) is 3.49. The van der Waals surface area contributed by atoms with Gasteiger partial charge in [0, 0.05) is 30.6 Å². The van der Waals surface area contributed by atoms with E-state index in [1.165, 1.54) is 32.4 Å². The smallest absolute Gasteiger partial charge is 0.251 e. The maximum absolute atomic E-state index is 13.1. The number of nitrogens with zero attached hydrogens (tertiary/aromatic N) is 2. The first kappa shape index (κ1) is 20.6.